The van der Waals surface area contributed by atoms with Crippen LogP contribution in [0.2, 0.25) is 0 Å². The van der Waals surface area contributed by atoms with Crippen LogP contribution in [0.15, 0.2) is 108 Å². The fraction of sp³-hybridized carbons (Fsp3) is 0. The number of hydrogen-bond donors (Lipinski definition) is 2. The molecule has 0 aliphatic carbocycles. The number of rotatable bonds is 10. The van der Waals surface area contributed by atoms with Crippen molar-refractivity contribution in [2.45, 2.75) is 14.7 Å². The van der Waals surface area contributed by atoms with Gasteiger partial charge in [-0.3, -0.25) is 0 Å². The summed E-state index contributed by atoms with van der Waals surface area (Å²) in [5, 5.41) is 28.3. The summed E-state index contributed by atoms with van der Waals surface area (Å²) < 4.78 is 83.2. The Morgan fingerprint density at radius 2 is 1.19 bits per heavy atom. The summed E-state index contributed by atoms with van der Waals surface area (Å²) in [6.45, 7) is 6.34. The summed E-state index contributed by atoms with van der Waals surface area (Å²) in [4.78, 5) is 10.3. The van der Waals surface area contributed by atoms with E-state index in [0.717, 1.165) is 23.6 Å². The zero-order valence-corrected chi connectivity index (χ0v) is 29.0. The Bertz CT molecular complexity index is 1980. The average Bonchev–Trinajstić information content (AvgIpc) is 2.91. The molecule has 0 atom stereocenters. The standard InChI is InChI=1S/C23H20N6O9S3.2Na/c1-3-39(32,33)14-7-5-13(6-8-14)26-28-21-16(24)12-17(25)22(20(21)23(30)31)29-27-18-10-9-15(40(34,35)4-2)11-19(18)41(36,37)38;;/h3-12H,1-2,24-25H2,(H,30,31)(H,36,37,38);;/q;2*+1/p-2. The van der Waals surface area contributed by atoms with Gasteiger partial charge in [-0.25, -0.2) is 25.3 Å². The molecule has 0 aromatic heterocycles. The van der Waals surface area contributed by atoms with E-state index >= 15 is 0 Å². The Labute approximate surface area is 290 Å². The van der Waals surface area contributed by atoms with Crippen molar-refractivity contribution in [3.05, 3.63) is 78.1 Å². The molecule has 0 saturated carbocycles. The van der Waals surface area contributed by atoms with Crippen LogP contribution in [0, 0.1) is 0 Å². The zero-order valence-electron chi connectivity index (χ0n) is 22.5. The third-order valence-electron chi connectivity index (χ3n) is 5.19. The monoisotopic (exact) mass is 664 g/mol. The number of nitrogens with two attached hydrogens (primary N) is 2. The number of nitrogens with zero attached hydrogens (tertiary/aromatic N) is 4. The van der Waals surface area contributed by atoms with E-state index in [2.05, 4.69) is 33.6 Å². The molecule has 0 amide bonds. The molecular formula is C23H18N6Na2O9S3. The van der Waals surface area contributed by atoms with E-state index < -0.39 is 68.2 Å². The summed E-state index contributed by atoms with van der Waals surface area (Å²) in [6, 6.07) is 8.35. The first kappa shape index (κ1) is 38.2. The molecule has 0 heterocycles. The smallest absolute Gasteiger partial charge is 0.744 e. The molecule has 0 fully saturated rings. The van der Waals surface area contributed by atoms with E-state index in [9.17, 15) is 39.7 Å². The van der Waals surface area contributed by atoms with Gasteiger partial charge >= 0.3 is 59.1 Å². The van der Waals surface area contributed by atoms with Crippen LogP contribution >= 0.6 is 0 Å². The van der Waals surface area contributed by atoms with Crippen molar-refractivity contribution in [1.82, 2.24) is 0 Å². The zero-order chi connectivity index (χ0) is 30.8. The molecule has 214 valence electrons. The van der Waals surface area contributed by atoms with Gasteiger partial charge in [-0.05, 0) is 48.5 Å². The summed E-state index contributed by atoms with van der Waals surface area (Å²) in [7, 11) is -13.1. The molecule has 0 unspecified atom stereocenters. The summed E-state index contributed by atoms with van der Waals surface area (Å²) >= 11 is 0. The number of anilines is 2. The molecule has 0 bridgehead atoms. The van der Waals surface area contributed by atoms with Crippen LogP contribution < -0.4 is 75.7 Å². The number of sulfone groups is 2. The first-order chi connectivity index (χ1) is 19.0. The summed E-state index contributed by atoms with van der Waals surface area (Å²) in [5.41, 5.74) is 8.66. The van der Waals surface area contributed by atoms with Gasteiger partial charge in [0.15, 0.2) is 19.7 Å². The molecule has 15 nitrogen and oxygen atoms in total. The van der Waals surface area contributed by atoms with E-state index in [-0.39, 0.29) is 81.1 Å². The molecule has 0 aliphatic heterocycles. The number of hydrogen-bond acceptors (Lipinski definition) is 15. The third-order valence-corrected chi connectivity index (χ3v) is 8.78. The average molecular weight is 665 g/mol. The summed E-state index contributed by atoms with van der Waals surface area (Å²) in [5.74, 6) is -1.89. The molecule has 0 spiro atoms. The number of aromatic carboxylic acids is 1. The van der Waals surface area contributed by atoms with Crippen molar-refractivity contribution < 1.29 is 98.8 Å². The number of carbonyl (C=O) groups is 1. The van der Waals surface area contributed by atoms with Crippen LogP contribution in [-0.4, -0.2) is 35.8 Å². The second-order valence-corrected chi connectivity index (χ2v) is 13.0. The molecule has 4 N–H and O–H groups in total. The van der Waals surface area contributed by atoms with Crippen molar-refractivity contribution in [1.29, 1.82) is 0 Å². The van der Waals surface area contributed by atoms with Gasteiger partial charge < -0.3 is 25.9 Å². The van der Waals surface area contributed by atoms with Gasteiger partial charge in [0.1, 0.15) is 27.2 Å². The molecule has 0 aliphatic rings. The Hall–Kier alpha value is -2.78. The normalized spacial score (nSPS) is 11.9. The van der Waals surface area contributed by atoms with Gasteiger partial charge in [0.05, 0.1) is 43.3 Å². The molecule has 20 heteroatoms. The first-order valence-corrected chi connectivity index (χ1v) is 15.2. The Kier molecular flexibility index (Phi) is 13.2. The minimum atomic E-state index is -5.29. The van der Waals surface area contributed by atoms with E-state index in [4.69, 9.17) is 11.5 Å². The number of carbonyl (C=O) groups excluding carboxylic acids is 1. The molecule has 43 heavy (non-hydrogen) atoms. The fourth-order valence-electron chi connectivity index (χ4n) is 3.17. The first-order valence-electron chi connectivity index (χ1n) is 10.7. The topological polar surface area (TPSA) is 267 Å². The molecule has 0 radical (unpaired) electrons. The van der Waals surface area contributed by atoms with Crippen LogP contribution in [0.3, 0.4) is 0 Å². The predicted molar refractivity (Wildman–Crippen MR) is 144 cm³/mol. The third kappa shape index (κ3) is 8.88. The van der Waals surface area contributed by atoms with Crippen molar-refractivity contribution >= 4 is 69.9 Å². The SMILES string of the molecule is C=CS(=O)(=O)c1ccc(N=Nc2c(N)cc(N)c(N=Nc3ccc(S(=O)(=O)C=C)cc3S(=O)(=O)[O-])c2C(=O)[O-])cc1.[Na+].[Na+]. The maximum absolute atomic E-state index is 12.0. The van der Waals surface area contributed by atoms with E-state index in [1.54, 1.807) is 0 Å². The van der Waals surface area contributed by atoms with E-state index in [1.807, 2.05) is 0 Å². The van der Waals surface area contributed by atoms with Gasteiger partial charge in [0.25, 0.3) is 0 Å². The number of benzene rings is 3. The van der Waals surface area contributed by atoms with E-state index in [0.29, 0.717) is 11.5 Å². The van der Waals surface area contributed by atoms with Gasteiger partial charge in [-0.15, -0.1) is 15.3 Å². The van der Waals surface area contributed by atoms with Crippen molar-refractivity contribution in [3.63, 3.8) is 0 Å². The van der Waals surface area contributed by atoms with Crippen LogP contribution in [0.5, 0.6) is 0 Å². The van der Waals surface area contributed by atoms with Crippen LogP contribution in [-0.2, 0) is 29.8 Å². The predicted octanol–water partition coefficient (Wildman–Crippen LogP) is -3.21. The second kappa shape index (κ2) is 14.8. The largest absolute Gasteiger partial charge is 1.00 e. The number of azo groups is 2. The molecular weight excluding hydrogens is 646 g/mol. The molecule has 3 aromatic carbocycles. The number of carboxylic acid groups (broad SMARTS) is 1. The van der Waals surface area contributed by atoms with Gasteiger partial charge in [-0.1, -0.05) is 13.2 Å². The molecule has 0 saturated heterocycles. The van der Waals surface area contributed by atoms with Gasteiger partial charge in [0, 0.05) is 10.8 Å². The van der Waals surface area contributed by atoms with Crippen molar-refractivity contribution in [3.8, 4) is 0 Å². The quantitative estimate of drug-likeness (QED) is 0.0942. The van der Waals surface area contributed by atoms with Crippen LogP contribution in [0.25, 0.3) is 0 Å². The Balaban J connectivity index is 0.00000462. The number of carboxylic acids is 1. The molecule has 3 rings (SSSR count). The number of nitrogen functional groups attached to an aromatic ring is 2. The minimum Gasteiger partial charge on any atom is -0.744 e. The maximum Gasteiger partial charge on any atom is 1.00 e. The van der Waals surface area contributed by atoms with Gasteiger partial charge in [0.2, 0.25) is 0 Å². The Morgan fingerprint density at radius 3 is 1.65 bits per heavy atom. The minimum absolute atomic E-state index is 0. The fourth-order valence-corrected chi connectivity index (χ4v) is 5.33. The van der Waals surface area contributed by atoms with Crippen molar-refractivity contribution in [2.24, 2.45) is 20.5 Å². The van der Waals surface area contributed by atoms with Crippen LogP contribution in [0.1, 0.15) is 10.4 Å². The second-order valence-electron chi connectivity index (χ2n) is 7.82. The van der Waals surface area contributed by atoms with Crippen molar-refractivity contribution in [2.75, 3.05) is 11.5 Å². The maximum atomic E-state index is 12.0. The van der Waals surface area contributed by atoms with Crippen LogP contribution in [0.4, 0.5) is 34.1 Å². The summed E-state index contributed by atoms with van der Waals surface area (Å²) in [6.07, 6.45) is 0. The Morgan fingerprint density at radius 1 is 0.721 bits per heavy atom. The van der Waals surface area contributed by atoms with Gasteiger partial charge in [-0.2, -0.15) is 5.11 Å². The van der Waals surface area contributed by atoms with E-state index in [1.165, 1.54) is 24.3 Å². The molecule has 3 aromatic rings.